The minimum absolute atomic E-state index is 0.0846. The van der Waals surface area contributed by atoms with Crippen molar-refractivity contribution in [2.45, 2.75) is 70.2 Å². The Morgan fingerprint density at radius 3 is 2.83 bits per heavy atom. The molecule has 0 amide bonds. The van der Waals surface area contributed by atoms with Crippen LogP contribution in [0.4, 0.5) is 0 Å². The quantitative estimate of drug-likeness (QED) is 0.580. The topological polar surface area (TPSA) is 27.7 Å². The van der Waals surface area contributed by atoms with E-state index in [1.54, 1.807) is 0 Å². The van der Waals surface area contributed by atoms with Crippen molar-refractivity contribution in [2.75, 3.05) is 0 Å². The van der Waals surface area contributed by atoms with Gasteiger partial charge < -0.3 is 14.2 Å². The van der Waals surface area contributed by atoms with Gasteiger partial charge in [0.05, 0.1) is 12.7 Å². The van der Waals surface area contributed by atoms with Gasteiger partial charge in [0.1, 0.15) is 0 Å². The van der Waals surface area contributed by atoms with Crippen molar-refractivity contribution in [3.05, 3.63) is 35.9 Å². The average Bonchev–Trinajstić information content (AvgIpc) is 2.55. The summed E-state index contributed by atoms with van der Waals surface area (Å²) in [6, 6.07) is 10.3. The standard InChI is InChI=1S/C20H26O3/c1-3-4-6-13-19-22-20(23-19)14-9-12-18(16(20)2)21-15-17-10-7-5-8-11-17/h1,5,7-8,10-11,16,18-19H,4,6,9,12-15H2,2H3/t16-,18-,19?,20?/m0/s1. The molecular weight excluding hydrogens is 288 g/mol. The third-order valence-electron chi connectivity index (χ3n) is 5.00. The first-order chi connectivity index (χ1) is 11.2. The first-order valence-corrected chi connectivity index (χ1v) is 8.68. The molecule has 1 spiro atoms. The third kappa shape index (κ3) is 3.77. The number of hydrogen-bond donors (Lipinski definition) is 0. The maximum atomic E-state index is 6.16. The van der Waals surface area contributed by atoms with Gasteiger partial charge in [-0.3, -0.25) is 0 Å². The summed E-state index contributed by atoms with van der Waals surface area (Å²) >= 11 is 0. The molecule has 1 saturated heterocycles. The molecule has 0 radical (unpaired) electrons. The molecule has 2 aliphatic rings. The Morgan fingerprint density at radius 1 is 1.30 bits per heavy atom. The zero-order chi connectivity index (χ0) is 16.1. The van der Waals surface area contributed by atoms with Crippen LogP contribution in [0.1, 0.15) is 51.0 Å². The zero-order valence-electron chi connectivity index (χ0n) is 13.9. The summed E-state index contributed by atoms with van der Waals surface area (Å²) in [5.74, 6) is 2.48. The van der Waals surface area contributed by atoms with Crippen LogP contribution in [0.5, 0.6) is 0 Å². The zero-order valence-corrected chi connectivity index (χ0v) is 13.9. The average molecular weight is 314 g/mol. The van der Waals surface area contributed by atoms with Crippen LogP contribution in [-0.4, -0.2) is 18.2 Å². The highest BCUT2D eigenvalue weighted by Gasteiger charge is 2.54. The van der Waals surface area contributed by atoms with E-state index in [2.05, 4.69) is 25.0 Å². The van der Waals surface area contributed by atoms with Crippen molar-refractivity contribution in [3.63, 3.8) is 0 Å². The molecule has 1 aliphatic carbocycles. The molecule has 124 valence electrons. The summed E-state index contributed by atoms with van der Waals surface area (Å²) < 4.78 is 18.4. The van der Waals surface area contributed by atoms with Crippen LogP contribution in [0.25, 0.3) is 0 Å². The normalized spacial score (nSPS) is 33.1. The largest absolute Gasteiger partial charge is 0.373 e. The summed E-state index contributed by atoms with van der Waals surface area (Å²) in [6.07, 6.45) is 11.1. The molecule has 0 bridgehead atoms. The molecule has 3 nitrogen and oxygen atoms in total. The summed E-state index contributed by atoms with van der Waals surface area (Å²) in [6.45, 7) is 2.84. The van der Waals surface area contributed by atoms with Gasteiger partial charge >= 0.3 is 0 Å². The SMILES string of the molecule is C#CCCCC1OC2(CCC[C@H](OCc3ccccc3)[C@@H]2C)O1. The van der Waals surface area contributed by atoms with E-state index >= 15 is 0 Å². The van der Waals surface area contributed by atoms with Crippen LogP contribution < -0.4 is 0 Å². The lowest BCUT2D eigenvalue weighted by molar-refractivity contribution is -0.481. The molecule has 0 unspecified atom stereocenters. The number of unbranched alkanes of at least 4 members (excludes halogenated alkanes) is 1. The number of rotatable bonds is 6. The lowest BCUT2D eigenvalue weighted by atomic mass is 9.80. The third-order valence-corrected chi connectivity index (χ3v) is 5.00. The summed E-state index contributed by atoms with van der Waals surface area (Å²) in [7, 11) is 0. The monoisotopic (exact) mass is 314 g/mol. The van der Waals surface area contributed by atoms with Gasteiger partial charge in [0.25, 0.3) is 0 Å². The second-order valence-corrected chi connectivity index (χ2v) is 6.59. The van der Waals surface area contributed by atoms with Crippen LogP contribution in [0.3, 0.4) is 0 Å². The minimum atomic E-state index is -0.430. The maximum absolute atomic E-state index is 6.16. The van der Waals surface area contributed by atoms with Crippen molar-refractivity contribution >= 4 is 0 Å². The van der Waals surface area contributed by atoms with Crippen LogP contribution in [-0.2, 0) is 20.8 Å². The lowest BCUT2D eigenvalue weighted by Gasteiger charge is -2.55. The number of ether oxygens (including phenoxy) is 3. The van der Waals surface area contributed by atoms with Gasteiger partial charge in [-0.05, 0) is 31.2 Å². The van der Waals surface area contributed by atoms with E-state index in [0.717, 1.165) is 38.5 Å². The molecule has 2 atom stereocenters. The first-order valence-electron chi connectivity index (χ1n) is 8.68. The van der Waals surface area contributed by atoms with Gasteiger partial charge in [0.15, 0.2) is 12.1 Å². The summed E-state index contributed by atoms with van der Waals surface area (Å²) in [4.78, 5) is 0. The molecule has 3 rings (SSSR count). The lowest BCUT2D eigenvalue weighted by Crippen LogP contribution is -2.62. The van der Waals surface area contributed by atoms with Crippen LogP contribution in [0.15, 0.2) is 30.3 Å². The Labute approximate surface area is 139 Å². The molecule has 1 aromatic rings. The Hall–Kier alpha value is -1.34. The van der Waals surface area contributed by atoms with Gasteiger partial charge in [-0.2, -0.15) is 0 Å². The molecule has 1 saturated carbocycles. The highest BCUT2D eigenvalue weighted by atomic mass is 16.9. The Kier molecular flexibility index (Phi) is 5.38. The molecule has 23 heavy (non-hydrogen) atoms. The van der Waals surface area contributed by atoms with Crippen LogP contribution in [0.2, 0.25) is 0 Å². The highest BCUT2D eigenvalue weighted by molar-refractivity contribution is 5.13. The summed E-state index contributed by atoms with van der Waals surface area (Å²) in [5, 5.41) is 0. The van der Waals surface area contributed by atoms with Gasteiger partial charge in [-0.15, -0.1) is 12.3 Å². The first kappa shape index (κ1) is 16.5. The van der Waals surface area contributed by atoms with Crippen LogP contribution >= 0.6 is 0 Å². The summed E-state index contributed by atoms with van der Waals surface area (Å²) in [5.41, 5.74) is 1.21. The second kappa shape index (κ2) is 7.49. The molecule has 0 N–H and O–H groups in total. The molecule has 0 aromatic heterocycles. The molecule has 1 heterocycles. The molecule has 2 fully saturated rings. The molecule has 1 aromatic carbocycles. The predicted octanol–water partition coefficient (Wildman–Crippen LogP) is 4.26. The van der Waals surface area contributed by atoms with Crippen molar-refractivity contribution in [2.24, 2.45) is 5.92 Å². The maximum Gasteiger partial charge on any atom is 0.179 e. The van der Waals surface area contributed by atoms with E-state index in [9.17, 15) is 0 Å². The molecular formula is C20H26O3. The Balaban J connectivity index is 1.49. The van der Waals surface area contributed by atoms with E-state index in [0.29, 0.717) is 6.61 Å². The van der Waals surface area contributed by atoms with E-state index in [-0.39, 0.29) is 18.3 Å². The van der Waals surface area contributed by atoms with Crippen molar-refractivity contribution in [3.8, 4) is 12.3 Å². The fourth-order valence-corrected chi connectivity index (χ4v) is 3.59. The van der Waals surface area contributed by atoms with E-state index in [1.807, 2.05) is 18.2 Å². The fourth-order valence-electron chi connectivity index (χ4n) is 3.59. The number of hydrogen-bond acceptors (Lipinski definition) is 3. The van der Waals surface area contributed by atoms with Gasteiger partial charge in [-0.1, -0.05) is 37.3 Å². The highest BCUT2D eigenvalue weighted by Crippen LogP contribution is 2.47. The van der Waals surface area contributed by atoms with Crippen molar-refractivity contribution in [1.82, 2.24) is 0 Å². The fraction of sp³-hybridized carbons (Fsp3) is 0.600. The van der Waals surface area contributed by atoms with E-state index < -0.39 is 5.79 Å². The Bertz CT molecular complexity index is 528. The van der Waals surface area contributed by atoms with Gasteiger partial charge in [-0.25, -0.2) is 0 Å². The Morgan fingerprint density at radius 2 is 2.09 bits per heavy atom. The van der Waals surface area contributed by atoms with Gasteiger partial charge in [0.2, 0.25) is 0 Å². The number of benzene rings is 1. The van der Waals surface area contributed by atoms with Crippen LogP contribution in [0, 0.1) is 18.3 Å². The number of terminal acetylenes is 1. The van der Waals surface area contributed by atoms with Gasteiger partial charge in [0, 0.05) is 18.8 Å². The smallest absolute Gasteiger partial charge is 0.179 e. The molecule has 1 aliphatic heterocycles. The van der Waals surface area contributed by atoms with Crippen molar-refractivity contribution in [1.29, 1.82) is 0 Å². The predicted molar refractivity (Wildman–Crippen MR) is 89.4 cm³/mol. The minimum Gasteiger partial charge on any atom is -0.373 e. The van der Waals surface area contributed by atoms with Crippen molar-refractivity contribution < 1.29 is 14.2 Å². The second-order valence-electron chi connectivity index (χ2n) is 6.59. The van der Waals surface area contributed by atoms with E-state index in [4.69, 9.17) is 20.6 Å². The van der Waals surface area contributed by atoms with E-state index in [1.165, 1.54) is 5.56 Å². The molecule has 3 heteroatoms.